The number of esters is 1. The molecule has 6 rings (SSSR count). The highest BCUT2D eigenvalue weighted by molar-refractivity contribution is 7.91. The van der Waals surface area contributed by atoms with E-state index >= 15 is 0 Å². The number of benzene rings is 2. The van der Waals surface area contributed by atoms with Crippen molar-refractivity contribution in [3.63, 3.8) is 0 Å². The largest absolute Gasteiger partial charge is 0.494 e. The molecule has 1 saturated heterocycles. The van der Waals surface area contributed by atoms with E-state index in [1.54, 1.807) is 77.1 Å². The lowest BCUT2D eigenvalue weighted by Crippen LogP contribution is -2.58. The molecule has 2 aliphatic carbocycles. The van der Waals surface area contributed by atoms with Crippen molar-refractivity contribution in [1.29, 1.82) is 0 Å². The highest BCUT2D eigenvalue weighted by Crippen LogP contribution is 2.46. The number of aromatic nitrogens is 1. The van der Waals surface area contributed by atoms with Crippen LogP contribution in [-0.4, -0.2) is 90.2 Å². The average molecular weight is 825 g/mol. The van der Waals surface area contributed by atoms with Gasteiger partial charge in [-0.15, -0.1) is 6.58 Å². The zero-order valence-electron chi connectivity index (χ0n) is 33.9. The Balaban J connectivity index is 1.32. The van der Waals surface area contributed by atoms with E-state index in [-0.39, 0.29) is 32.2 Å². The maximum Gasteiger partial charge on any atom is 0.338 e. The summed E-state index contributed by atoms with van der Waals surface area (Å²) in [5.41, 5.74) is -2.50. The summed E-state index contributed by atoms with van der Waals surface area (Å²) in [7, 11) is -2.42. The second-order valence-corrected chi connectivity index (χ2v) is 19.0. The minimum absolute atomic E-state index is 0.0250. The molecular formula is C41H50ClN5O9S. The fourth-order valence-electron chi connectivity index (χ4n) is 6.94. The maximum atomic E-state index is 14.9. The molecule has 0 bridgehead atoms. The van der Waals surface area contributed by atoms with Gasteiger partial charge in [0, 0.05) is 35.2 Å². The summed E-state index contributed by atoms with van der Waals surface area (Å²) in [6.07, 6.45) is 3.17. The number of amides is 3. The first-order valence-electron chi connectivity index (χ1n) is 19.4. The van der Waals surface area contributed by atoms with Crippen LogP contribution in [0.1, 0.15) is 78.9 Å². The lowest BCUT2D eigenvalue weighted by atomic mass is 9.85. The van der Waals surface area contributed by atoms with Crippen molar-refractivity contribution in [3.8, 4) is 11.6 Å². The van der Waals surface area contributed by atoms with Crippen LogP contribution in [0.3, 0.4) is 0 Å². The van der Waals surface area contributed by atoms with Crippen LogP contribution in [-0.2, 0) is 29.1 Å². The number of rotatable bonds is 13. The lowest BCUT2D eigenvalue weighted by Gasteiger charge is -2.36. The minimum atomic E-state index is -3.93. The van der Waals surface area contributed by atoms with Crippen LogP contribution in [0.15, 0.2) is 61.3 Å². The van der Waals surface area contributed by atoms with Gasteiger partial charge in [0.05, 0.1) is 30.7 Å². The number of carbonyl (C=O) groups is 4. The van der Waals surface area contributed by atoms with E-state index in [4.69, 9.17) is 27.2 Å². The van der Waals surface area contributed by atoms with Crippen LogP contribution in [0, 0.1) is 11.3 Å². The van der Waals surface area contributed by atoms with Crippen LogP contribution >= 0.6 is 11.6 Å². The van der Waals surface area contributed by atoms with E-state index in [2.05, 4.69) is 26.9 Å². The second kappa shape index (κ2) is 15.5. The number of hydrogen-bond acceptors (Lipinski definition) is 11. The fraction of sp³-hybridized carbons (Fsp3) is 0.488. The molecule has 14 nitrogen and oxygen atoms in total. The quantitative estimate of drug-likeness (QED) is 0.148. The van der Waals surface area contributed by atoms with Gasteiger partial charge in [0.1, 0.15) is 35.1 Å². The molecule has 1 aromatic heterocycles. The van der Waals surface area contributed by atoms with Gasteiger partial charge >= 0.3 is 5.97 Å². The number of likely N-dealkylation sites (tertiary alicyclic amines) is 1. The number of hydrogen-bond donors (Lipinski definition) is 3. The Labute approximate surface area is 339 Å². The number of nitrogens with one attached hydrogen (secondary N) is 3. The van der Waals surface area contributed by atoms with Gasteiger partial charge < -0.3 is 29.7 Å². The summed E-state index contributed by atoms with van der Waals surface area (Å²) in [6, 6.07) is 9.29. The molecule has 1 aliphatic heterocycles. The normalized spacial score (nSPS) is 22.8. The number of methoxy groups -OCH3 is 1. The number of pyridine rings is 1. The molecule has 2 saturated carbocycles. The predicted octanol–water partition coefficient (Wildman–Crippen LogP) is 5.40. The van der Waals surface area contributed by atoms with Crippen LogP contribution in [0.25, 0.3) is 10.8 Å². The Bertz CT molecular complexity index is 2230. The third kappa shape index (κ3) is 9.14. The van der Waals surface area contributed by atoms with Gasteiger partial charge in [0.25, 0.3) is 5.91 Å². The lowest BCUT2D eigenvalue weighted by molar-refractivity contribution is -0.141. The fourth-order valence-corrected chi connectivity index (χ4v) is 8.47. The number of sulfonamides is 1. The third-order valence-electron chi connectivity index (χ3n) is 10.2. The van der Waals surface area contributed by atoms with Gasteiger partial charge in [-0.25, -0.2) is 18.2 Å². The molecule has 2 aromatic carbocycles. The van der Waals surface area contributed by atoms with Crippen LogP contribution in [0.5, 0.6) is 11.6 Å². The highest BCUT2D eigenvalue weighted by Gasteiger charge is 2.62. The number of halogens is 1. The van der Waals surface area contributed by atoms with Gasteiger partial charge in [-0.2, -0.15) is 0 Å². The SMILES string of the molecule is [2H]CC(C)(C)[C@H](Nc1ccc(C(=O)OC(C)(C)C)cc1)C(=O)N1C[C@H](Oc2ncc(OC)c3ccc(Cl)cc23)C[C@H]1C(=O)N[C@]1(C(=O)NS(=O)(=O)C2CC2)C[C@H]1C=C. The molecule has 16 heteroatoms. The van der Waals surface area contributed by atoms with Crippen molar-refractivity contribution < 1.29 is 43.2 Å². The molecule has 0 unspecified atom stereocenters. The average Bonchev–Trinajstić information content (AvgIpc) is 4.10. The van der Waals surface area contributed by atoms with E-state index in [1.165, 1.54) is 24.3 Å². The monoisotopic (exact) mass is 824 g/mol. The Hall–Kier alpha value is -4.89. The first-order chi connectivity index (χ1) is 27.2. The highest BCUT2D eigenvalue weighted by atomic mass is 35.5. The molecule has 306 valence electrons. The Kier molecular flexibility index (Phi) is 10.9. The first-order valence-corrected chi connectivity index (χ1v) is 20.6. The van der Waals surface area contributed by atoms with Gasteiger partial charge in [0.15, 0.2) is 0 Å². The van der Waals surface area contributed by atoms with Crippen molar-refractivity contribution in [1.82, 2.24) is 19.9 Å². The molecule has 3 fully saturated rings. The summed E-state index contributed by atoms with van der Waals surface area (Å²) in [5, 5.41) is 7.02. The van der Waals surface area contributed by atoms with Gasteiger partial charge in [-0.3, -0.25) is 19.1 Å². The molecule has 57 heavy (non-hydrogen) atoms. The van der Waals surface area contributed by atoms with E-state index in [9.17, 15) is 27.6 Å². The number of nitrogens with zero attached hydrogens (tertiary/aromatic N) is 2. The molecular weight excluding hydrogens is 774 g/mol. The van der Waals surface area contributed by atoms with Crippen LogP contribution in [0.2, 0.25) is 5.02 Å². The molecule has 3 aromatic rings. The first kappa shape index (κ1) is 40.3. The Morgan fingerprint density at radius 1 is 1.09 bits per heavy atom. The van der Waals surface area contributed by atoms with Gasteiger partial charge in [0.2, 0.25) is 27.7 Å². The predicted molar refractivity (Wildman–Crippen MR) is 216 cm³/mol. The summed E-state index contributed by atoms with van der Waals surface area (Å²) >= 11 is 6.36. The van der Waals surface area contributed by atoms with Gasteiger partial charge in [-0.05, 0) is 87.9 Å². The molecule has 0 radical (unpaired) electrons. The zero-order chi connectivity index (χ0) is 42.4. The van der Waals surface area contributed by atoms with Crippen LogP contribution < -0.4 is 24.8 Å². The standard InChI is InChI=1S/C41H50ClN5O9S/c1-9-24-20-41(24,38(51)46-57(52,53)28-15-16-28)45-34(48)31-19-27(55-35-30-18-25(42)12-17-29(30)32(54-8)21-43-35)22-47(31)36(49)33(39(2,3)4)44-26-13-10-23(11-14-26)37(50)56-40(5,6)7/h9-14,17-18,21,24,27-28,31,33,44H,1,15-16,19-20,22H2,2-8H3,(H,45,48)(H,46,51)/t24-,27-,31+,33-,41-/m1/s1/i2D. The molecule has 5 atom stereocenters. The van der Waals surface area contributed by atoms with Crippen molar-refractivity contribution in [3.05, 3.63) is 71.9 Å². The van der Waals surface area contributed by atoms with Gasteiger partial charge in [-0.1, -0.05) is 38.4 Å². The number of fused-ring (bicyclic) bond motifs is 1. The molecule has 3 amide bonds. The Morgan fingerprint density at radius 2 is 1.79 bits per heavy atom. The molecule has 3 N–H and O–H groups in total. The van der Waals surface area contributed by atoms with E-state index < -0.39 is 79.6 Å². The van der Waals surface area contributed by atoms with E-state index in [0.717, 1.165) is 0 Å². The van der Waals surface area contributed by atoms with Crippen molar-refractivity contribution in [2.75, 3.05) is 19.0 Å². The summed E-state index contributed by atoms with van der Waals surface area (Å²) in [4.78, 5) is 61.5. The van der Waals surface area contributed by atoms with Crippen LogP contribution in [0.4, 0.5) is 5.69 Å². The van der Waals surface area contributed by atoms with E-state index in [0.29, 0.717) is 45.6 Å². The summed E-state index contributed by atoms with van der Waals surface area (Å²) in [5.74, 6) is -2.47. The number of ether oxygens (including phenoxy) is 3. The van der Waals surface area contributed by atoms with E-state index in [1.807, 2.05) is 0 Å². The molecule has 2 heterocycles. The second-order valence-electron chi connectivity index (χ2n) is 16.6. The van der Waals surface area contributed by atoms with Crippen molar-refractivity contribution >= 4 is 61.8 Å². The van der Waals surface area contributed by atoms with Crippen molar-refractivity contribution in [2.45, 2.75) is 102 Å². The maximum absolute atomic E-state index is 14.9. The smallest absolute Gasteiger partial charge is 0.338 e. The topological polar surface area (TPSA) is 182 Å². The molecule has 3 aliphatic rings. The summed E-state index contributed by atoms with van der Waals surface area (Å²) < 4.78 is 53.5. The minimum Gasteiger partial charge on any atom is -0.494 e. The zero-order valence-corrected chi connectivity index (χ0v) is 34.5. The Morgan fingerprint density at radius 3 is 2.39 bits per heavy atom. The molecule has 0 spiro atoms. The number of anilines is 1. The summed E-state index contributed by atoms with van der Waals surface area (Å²) in [6.45, 7) is 12.3. The number of carbonyl (C=O) groups excluding carboxylic acids is 4. The third-order valence-corrected chi connectivity index (χ3v) is 12.3. The van der Waals surface area contributed by atoms with Crippen molar-refractivity contribution in [2.24, 2.45) is 11.3 Å².